The van der Waals surface area contributed by atoms with Gasteiger partial charge in [-0.2, -0.15) is 0 Å². The van der Waals surface area contributed by atoms with E-state index in [2.05, 4.69) is 21.2 Å². The summed E-state index contributed by atoms with van der Waals surface area (Å²) >= 11 is 3.39. The van der Waals surface area contributed by atoms with Crippen LogP contribution in [-0.2, 0) is 22.6 Å². The third-order valence-corrected chi connectivity index (χ3v) is 5.82. The zero-order valence-electron chi connectivity index (χ0n) is 18.3. The molecule has 0 heterocycles. The number of nitrogens with one attached hydrogen (secondary N) is 1. The van der Waals surface area contributed by atoms with Crippen LogP contribution in [-0.4, -0.2) is 36.4 Å². The minimum Gasteiger partial charge on any atom is -0.484 e. The van der Waals surface area contributed by atoms with Crippen LogP contribution in [0.2, 0.25) is 0 Å². The minimum atomic E-state index is -0.664. The molecule has 0 bridgehead atoms. The number of rotatable bonds is 9. The van der Waals surface area contributed by atoms with Crippen molar-refractivity contribution in [3.63, 3.8) is 0 Å². The van der Waals surface area contributed by atoms with Crippen LogP contribution in [0, 0.1) is 6.92 Å². The number of hydrogen-bond acceptors (Lipinski definition) is 3. The van der Waals surface area contributed by atoms with E-state index in [1.54, 1.807) is 24.1 Å². The maximum atomic E-state index is 13.4. The number of carbonyl (C=O) groups excluding carboxylic acids is 2. The number of carbonyl (C=O) groups is 2. The molecule has 0 saturated carbocycles. The van der Waals surface area contributed by atoms with Gasteiger partial charge >= 0.3 is 0 Å². The van der Waals surface area contributed by atoms with Gasteiger partial charge in [0.1, 0.15) is 11.8 Å². The quantitative estimate of drug-likeness (QED) is 0.475. The molecule has 2 amide bonds. The van der Waals surface area contributed by atoms with Crippen LogP contribution >= 0.6 is 15.9 Å². The van der Waals surface area contributed by atoms with Crippen molar-refractivity contribution in [2.75, 3.05) is 13.7 Å². The average molecular weight is 495 g/mol. The fraction of sp³-hybridized carbons (Fsp3) is 0.231. The van der Waals surface area contributed by atoms with E-state index in [1.165, 1.54) is 0 Å². The van der Waals surface area contributed by atoms with E-state index in [1.807, 2.05) is 73.7 Å². The molecule has 3 aromatic rings. The number of halogens is 1. The van der Waals surface area contributed by atoms with E-state index in [4.69, 9.17) is 4.74 Å². The molecule has 166 valence electrons. The number of nitrogens with zero attached hydrogens (tertiary/aromatic N) is 1. The van der Waals surface area contributed by atoms with Crippen LogP contribution in [0.1, 0.15) is 16.7 Å². The molecule has 0 spiro atoms. The highest BCUT2D eigenvalue weighted by atomic mass is 79.9. The molecular formula is C26H27BrN2O3. The molecule has 5 nitrogen and oxygen atoms in total. The van der Waals surface area contributed by atoms with E-state index in [0.29, 0.717) is 18.7 Å². The van der Waals surface area contributed by atoms with E-state index < -0.39 is 6.04 Å². The highest BCUT2D eigenvalue weighted by Gasteiger charge is 2.30. The molecule has 1 atom stereocenters. The van der Waals surface area contributed by atoms with Crippen molar-refractivity contribution in [2.24, 2.45) is 0 Å². The summed E-state index contributed by atoms with van der Waals surface area (Å²) in [6.45, 7) is 2.17. The van der Waals surface area contributed by atoms with Crippen LogP contribution < -0.4 is 10.1 Å². The zero-order valence-corrected chi connectivity index (χ0v) is 19.8. The lowest BCUT2D eigenvalue weighted by molar-refractivity contribution is -0.142. The Hall–Kier alpha value is -3.12. The molecule has 0 aliphatic heterocycles. The van der Waals surface area contributed by atoms with E-state index >= 15 is 0 Å². The summed E-state index contributed by atoms with van der Waals surface area (Å²) in [5.41, 5.74) is 3.04. The topological polar surface area (TPSA) is 58.6 Å². The second-order valence-electron chi connectivity index (χ2n) is 7.51. The van der Waals surface area contributed by atoms with Crippen LogP contribution in [0.4, 0.5) is 0 Å². The fourth-order valence-corrected chi connectivity index (χ4v) is 3.71. The first-order valence-corrected chi connectivity index (χ1v) is 11.2. The summed E-state index contributed by atoms with van der Waals surface area (Å²) in [7, 11) is 1.59. The monoisotopic (exact) mass is 494 g/mol. The first kappa shape index (κ1) is 23.5. The van der Waals surface area contributed by atoms with Gasteiger partial charge in [-0.15, -0.1) is 0 Å². The van der Waals surface area contributed by atoms with Gasteiger partial charge in [0, 0.05) is 24.5 Å². The molecule has 32 heavy (non-hydrogen) atoms. The maximum Gasteiger partial charge on any atom is 0.261 e. The summed E-state index contributed by atoms with van der Waals surface area (Å²) in [4.78, 5) is 27.9. The largest absolute Gasteiger partial charge is 0.484 e. The standard InChI is InChI=1S/C26H27BrN2O3/c1-19-8-6-7-11-21(19)17-29(25(30)18-32-23-14-12-22(27)13-15-23)24(26(31)28-2)16-20-9-4-3-5-10-20/h3-15,24H,16-18H2,1-2H3,(H,28,31). The van der Waals surface area contributed by atoms with Crippen molar-refractivity contribution >= 4 is 27.7 Å². The maximum absolute atomic E-state index is 13.4. The van der Waals surface area contributed by atoms with Gasteiger partial charge in [0.05, 0.1) is 0 Å². The Morgan fingerprint density at radius 2 is 1.62 bits per heavy atom. The van der Waals surface area contributed by atoms with Gasteiger partial charge in [-0.3, -0.25) is 9.59 Å². The second kappa shape index (κ2) is 11.5. The van der Waals surface area contributed by atoms with Crippen LogP contribution in [0.5, 0.6) is 5.75 Å². The molecular weight excluding hydrogens is 468 g/mol. The summed E-state index contributed by atoms with van der Waals surface area (Å²) in [5.74, 6) is 0.136. The molecule has 1 N–H and O–H groups in total. The Labute approximate surface area is 197 Å². The minimum absolute atomic E-state index is 0.157. The van der Waals surface area contributed by atoms with Gasteiger partial charge in [0.2, 0.25) is 5.91 Å². The number of hydrogen-bond donors (Lipinski definition) is 1. The van der Waals surface area contributed by atoms with Crippen LogP contribution in [0.25, 0.3) is 0 Å². The summed E-state index contributed by atoms with van der Waals surface area (Å²) in [6, 6.07) is 24.2. The first-order valence-electron chi connectivity index (χ1n) is 10.5. The van der Waals surface area contributed by atoms with Gasteiger partial charge in [0.15, 0.2) is 6.61 Å². The Balaban J connectivity index is 1.87. The second-order valence-corrected chi connectivity index (χ2v) is 8.43. The number of benzene rings is 3. The molecule has 0 aliphatic rings. The van der Waals surface area contributed by atoms with E-state index in [9.17, 15) is 9.59 Å². The Kier molecular flexibility index (Phi) is 8.45. The number of likely N-dealkylation sites (N-methyl/N-ethyl adjacent to an activating group) is 1. The smallest absolute Gasteiger partial charge is 0.261 e. The van der Waals surface area contributed by atoms with Crippen molar-refractivity contribution in [3.05, 3.63) is 100 Å². The highest BCUT2D eigenvalue weighted by molar-refractivity contribution is 9.10. The van der Waals surface area contributed by atoms with Gasteiger partial charge in [0.25, 0.3) is 5.91 Å². The molecule has 0 fully saturated rings. The van der Waals surface area contributed by atoms with Crippen LogP contribution in [0.15, 0.2) is 83.3 Å². The molecule has 3 rings (SSSR count). The molecule has 3 aromatic carbocycles. The van der Waals surface area contributed by atoms with Crippen molar-refractivity contribution < 1.29 is 14.3 Å². The van der Waals surface area contributed by atoms with E-state index in [0.717, 1.165) is 21.2 Å². The Morgan fingerprint density at radius 3 is 2.28 bits per heavy atom. The number of amides is 2. The zero-order chi connectivity index (χ0) is 22.9. The molecule has 1 unspecified atom stereocenters. The lowest BCUT2D eigenvalue weighted by atomic mass is 10.0. The number of ether oxygens (including phenoxy) is 1. The van der Waals surface area contributed by atoms with Crippen molar-refractivity contribution in [3.8, 4) is 5.75 Å². The summed E-state index contributed by atoms with van der Waals surface area (Å²) in [6.07, 6.45) is 0.413. The SMILES string of the molecule is CNC(=O)C(Cc1ccccc1)N(Cc1ccccc1C)C(=O)COc1ccc(Br)cc1. The third-order valence-electron chi connectivity index (χ3n) is 5.30. The lowest BCUT2D eigenvalue weighted by Gasteiger charge is -2.31. The molecule has 0 radical (unpaired) electrons. The third kappa shape index (κ3) is 6.44. The average Bonchev–Trinajstić information content (AvgIpc) is 2.82. The van der Waals surface area contributed by atoms with Gasteiger partial charge < -0.3 is 15.0 Å². The molecule has 6 heteroatoms. The Morgan fingerprint density at radius 1 is 0.969 bits per heavy atom. The summed E-state index contributed by atoms with van der Waals surface area (Å²) < 4.78 is 6.67. The van der Waals surface area contributed by atoms with Gasteiger partial charge in [-0.25, -0.2) is 0 Å². The fourth-order valence-electron chi connectivity index (χ4n) is 3.45. The predicted molar refractivity (Wildman–Crippen MR) is 129 cm³/mol. The molecule has 0 aliphatic carbocycles. The highest BCUT2D eigenvalue weighted by Crippen LogP contribution is 2.19. The van der Waals surface area contributed by atoms with Gasteiger partial charge in [-0.1, -0.05) is 70.5 Å². The Bertz CT molecular complexity index is 1040. The lowest BCUT2D eigenvalue weighted by Crippen LogP contribution is -2.51. The van der Waals surface area contributed by atoms with Crippen LogP contribution in [0.3, 0.4) is 0 Å². The molecule has 0 aromatic heterocycles. The van der Waals surface area contributed by atoms with Crippen molar-refractivity contribution in [1.82, 2.24) is 10.2 Å². The van der Waals surface area contributed by atoms with Crippen molar-refractivity contribution in [1.29, 1.82) is 0 Å². The number of aryl methyl sites for hydroxylation is 1. The van der Waals surface area contributed by atoms with Gasteiger partial charge in [-0.05, 0) is 47.9 Å². The summed E-state index contributed by atoms with van der Waals surface area (Å²) in [5, 5.41) is 2.72. The predicted octanol–water partition coefficient (Wildman–Crippen LogP) is 4.52. The van der Waals surface area contributed by atoms with Crippen molar-refractivity contribution in [2.45, 2.75) is 25.9 Å². The molecule has 0 saturated heterocycles. The first-order chi connectivity index (χ1) is 15.5. The normalized spacial score (nSPS) is 11.5. The van der Waals surface area contributed by atoms with E-state index in [-0.39, 0.29) is 18.4 Å².